The minimum absolute atomic E-state index is 0.0568. The zero-order valence-corrected chi connectivity index (χ0v) is 12.2. The molecule has 0 aliphatic heterocycles. The van der Waals surface area contributed by atoms with Crippen LogP contribution in [0.2, 0.25) is 0 Å². The highest BCUT2D eigenvalue weighted by molar-refractivity contribution is 7.10. The number of nitrogens with one attached hydrogen (secondary N) is 1. The van der Waals surface area contributed by atoms with Crippen molar-refractivity contribution in [3.05, 3.63) is 52.5 Å². The molecule has 0 radical (unpaired) electrons. The number of rotatable bonds is 6. The highest BCUT2D eigenvalue weighted by Crippen LogP contribution is 2.24. The maximum absolute atomic E-state index is 11.8. The Kier molecular flexibility index (Phi) is 4.87. The first kappa shape index (κ1) is 14.7. The Hall–Kier alpha value is -1.72. The third-order valence-corrected chi connectivity index (χ3v) is 4.19. The van der Waals surface area contributed by atoms with Crippen LogP contribution in [-0.2, 0) is 16.8 Å². The van der Waals surface area contributed by atoms with Crippen molar-refractivity contribution in [3.8, 4) is 0 Å². The highest BCUT2D eigenvalue weighted by Gasteiger charge is 2.24. The monoisotopic (exact) mass is 290 g/mol. The summed E-state index contributed by atoms with van der Waals surface area (Å²) in [5, 5.41) is 15.0. The third-order valence-electron chi connectivity index (χ3n) is 3.07. The third kappa shape index (κ3) is 4.15. The van der Waals surface area contributed by atoms with E-state index in [4.69, 9.17) is 0 Å². The zero-order chi connectivity index (χ0) is 14.4. The molecular weight excluding hydrogens is 272 g/mol. The molecule has 5 heteroatoms. The average molecular weight is 290 g/mol. The van der Waals surface area contributed by atoms with Gasteiger partial charge in [-0.15, -0.1) is 11.3 Å². The summed E-state index contributed by atoms with van der Waals surface area (Å²) in [5.74, 6) is -0.0568. The summed E-state index contributed by atoms with van der Waals surface area (Å²) in [6, 6.07) is 7.55. The predicted octanol–water partition coefficient (Wildman–Crippen LogP) is 2.10. The van der Waals surface area contributed by atoms with E-state index in [2.05, 4.69) is 10.3 Å². The molecule has 4 nitrogen and oxygen atoms in total. The molecule has 2 N–H and O–H groups in total. The van der Waals surface area contributed by atoms with Gasteiger partial charge < -0.3 is 10.4 Å². The van der Waals surface area contributed by atoms with Gasteiger partial charge in [-0.2, -0.15) is 0 Å². The van der Waals surface area contributed by atoms with Gasteiger partial charge in [0.1, 0.15) is 5.60 Å². The summed E-state index contributed by atoms with van der Waals surface area (Å²) in [6.45, 7) is 1.94. The number of carbonyl (C=O) groups excluding carboxylic acids is 1. The molecule has 0 bridgehead atoms. The molecule has 20 heavy (non-hydrogen) atoms. The molecule has 0 fully saturated rings. The number of amides is 1. The fraction of sp³-hybridized carbons (Fsp3) is 0.333. The first-order valence-electron chi connectivity index (χ1n) is 6.50. The molecule has 106 valence electrons. The fourth-order valence-corrected chi connectivity index (χ4v) is 2.63. The Labute approximate surface area is 122 Å². The van der Waals surface area contributed by atoms with E-state index in [-0.39, 0.29) is 12.5 Å². The van der Waals surface area contributed by atoms with Gasteiger partial charge in [-0.05, 0) is 42.5 Å². The average Bonchev–Trinajstić information content (AvgIpc) is 2.99. The summed E-state index contributed by atoms with van der Waals surface area (Å²) < 4.78 is 0. The molecule has 0 aliphatic carbocycles. The molecule has 2 aromatic rings. The lowest BCUT2D eigenvalue weighted by atomic mass is 10.1. The van der Waals surface area contributed by atoms with E-state index in [0.717, 1.165) is 10.4 Å². The molecule has 0 spiro atoms. The lowest BCUT2D eigenvalue weighted by molar-refractivity contribution is -0.122. The number of thiophene rings is 1. The van der Waals surface area contributed by atoms with Crippen LogP contribution in [0, 0.1) is 0 Å². The van der Waals surface area contributed by atoms with Gasteiger partial charge in [-0.1, -0.05) is 6.07 Å². The van der Waals surface area contributed by atoms with Gasteiger partial charge >= 0.3 is 0 Å². The van der Waals surface area contributed by atoms with Crippen LogP contribution in [0.25, 0.3) is 0 Å². The Bertz CT molecular complexity index is 538. The van der Waals surface area contributed by atoms with Crippen LogP contribution in [0.1, 0.15) is 23.8 Å². The van der Waals surface area contributed by atoms with Crippen molar-refractivity contribution >= 4 is 17.2 Å². The van der Waals surface area contributed by atoms with Gasteiger partial charge in [-0.3, -0.25) is 9.78 Å². The number of hydrogen-bond donors (Lipinski definition) is 2. The summed E-state index contributed by atoms with van der Waals surface area (Å²) >= 11 is 1.48. The van der Waals surface area contributed by atoms with Crippen molar-refractivity contribution < 1.29 is 9.90 Å². The maximum Gasteiger partial charge on any atom is 0.220 e. The molecule has 2 aromatic heterocycles. The lowest BCUT2D eigenvalue weighted by Gasteiger charge is -2.22. The standard InChI is InChI=1S/C15H18N2O2S/c1-15(19,13-3-2-10-20-13)11-17-14(18)5-4-12-6-8-16-9-7-12/h2-3,6-10,19H,4-5,11H2,1H3,(H,17,18). The summed E-state index contributed by atoms with van der Waals surface area (Å²) in [5.41, 5.74) is 0.0701. The zero-order valence-electron chi connectivity index (χ0n) is 11.4. The van der Waals surface area contributed by atoms with Crippen LogP contribution in [-0.4, -0.2) is 22.5 Å². The quantitative estimate of drug-likeness (QED) is 0.856. The molecule has 0 aromatic carbocycles. The van der Waals surface area contributed by atoms with Crippen LogP contribution in [0.4, 0.5) is 0 Å². The van der Waals surface area contributed by atoms with E-state index in [1.807, 2.05) is 29.6 Å². The number of hydrogen-bond acceptors (Lipinski definition) is 4. The number of pyridine rings is 1. The number of aliphatic hydroxyl groups is 1. The van der Waals surface area contributed by atoms with E-state index in [1.54, 1.807) is 19.3 Å². The Morgan fingerprint density at radius 3 is 2.80 bits per heavy atom. The molecular formula is C15H18N2O2S. The Morgan fingerprint density at radius 1 is 1.40 bits per heavy atom. The maximum atomic E-state index is 11.8. The minimum atomic E-state index is -1.01. The van der Waals surface area contributed by atoms with Crippen LogP contribution in [0.5, 0.6) is 0 Å². The molecule has 2 heterocycles. The smallest absolute Gasteiger partial charge is 0.220 e. The normalized spacial score (nSPS) is 13.7. The van der Waals surface area contributed by atoms with Crippen LogP contribution in [0.3, 0.4) is 0 Å². The second-order valence-electron chi connectivity index (χ2n) is 4.88. The van der Waals surface area contributed by atoms with E-state index in [1.165, 1.54) is 11.3 Å². The first-order chi connectivity index (χ1) is 9.58. The van der Waals surface area contributed by atoms with Gasteiger partial charge in [0, 0.05) is 23.7 Å². The van der Waals surface area contributed by atoms with Gasteiger partial charge in [-0.25, -0.2) is 0 Å². The largest absolute Gasteiger partial charge is 0.383 e. The summed E-state index contributed by atoms with van der Waals surface area (Å²) in [6.07, 6.45) is 4.52. The molecule has 0 saturated heterocycles. The second kappa shape index (κ2) is 6.63. The van der Waals surface area contributed by atoms with Crippen molar-refractivity contribution in [2.24, 2.45) is 0 Å². The second-order valence-corrected chi connectivity index (χ2v) is 5.83. The molecule has 0 saturated carbocycles. The van der Waals surface area contributed by atoms with E-state index in [9.17, 15) is 9.90 Å². The Balaban J connectivity index is 1.78. The van der Waals surface area contributed by atoms with Crippen LogP contribution in [0.15, 0.2) is 42.0 Å². The van der Waals surface area contributed by atoms with Crippen molar-refractivity contribution in [3.63, 3.8) is 0 Å². The lowest BCUT2D eigenvalue weighted by Crippen LogP contribution is -2.38. The summed E-state index contributed by atoms with van der Waals surface area (Å²) in [4.78, 5) is 16.6. The van der Waals surface area contributed by atoms with E-state index >= 15 is 0 Å². The molecule has 0 aliphatic rings. The van der Waals surface area contributed by atoms with Crippen molar-refractivity contribution in [2.75, 3.05) is 6.54 Å². The van der Waals surface area contributed by atoms with Gasteiger partial charge in [0.25, 0.3) is 0 Å². The molecule has 2 rings (SSSR count). The molecule has 1 atom stereocenters. The first-order valence-corrected chi connectivity index (χ1v) is 7.38. The number of carbonyl (C=O) groups is 1. The van der Waals surface area contributed by atoms with Crippen LogP contribution < -0.4 is 5.32 Å². The van der Waals surface area contributed by atoms with Crippen molar-refractivity contribution in [1.82, 2.24) is 10.3 Å². The van der Waals surface area contributed by atoms with Crippen LogP contribution >= 0.6 is 11.3 Å². The number of aryl methyl sites for hydroxylation is 1. The Morgan fingerprint density at radius 2 is 2.15 bits per heavy atom. The van der Waals surface area contributed by atoms with Gasteiger partial charge in [0.2, 0.25) is 5.91 Å². The summed E-state index contributed by atoms with van der Waals surface area (Å²) in [7, 11) is 0. The van der Waals surface area contributed by atoms with Crippen molar-refractivity contribution in [2.45, 2.75) is 25.4 Å². The van der Waals surface area contributed by atoms with E-state index in [0.29, 0.717) is 12.8 Å². The van der Waals surface area contributed by atoms with Gasteiger partial charge in [0.05, 0.1) is 6.54 Å². The number of nitrogens with zero attached hydrogens (tertiary/aromatic N) is 1. The minimum Gasteiger partial charge on any atom is -0.383 e. The van der Waals surface area contributed by atoms with E-state index < -0.39 is 5.60 Å². The SMILES string of the molecule is CC(O)(CNC(=O)CCc1ccncc1)c1cccs1. The topological polar surface area (TPSA) is 62.2 Å². The number of aromatic nitrogens is 1. The highest BCUT2D eigenvalue weighted by atomic mass is 32.1. The van der Waals surface area contributed by atoms with Gasteiger partial charge in [0.15, 0.2) is 0 Å². The predicted molar refractivity (Wildman–Crippen MR) is 79.5 cm³/mol. The molecule has 1 unspecified atom stereocenters. The fourth-order valence-electron chi connectivity index (χ4n) is 1.84. The van der Waals surface area contributed by atoms with Crippen molar-refractivity contribution in [1.29, 1.82) is 0 Å². The molecule has 1 amide bonds.